The molecule has 13 heteroatoms. The summed E-state index contributed by atoms with van der Waals surface area (Å²) in [5.74, 6) is -0.413. The van der Waals surface area contributed by atoms with Gasteiger partial charge in [0.05, 0.1) is 34.4 Å². The topological polar surface area (TPSA) is 158 Å². The van der Waals surface area contributed by atoms with Crippen LogP contribution in [0.25, 0.3) is 56.1 Å². The van der Waals surface area contributed by atoms with Crippen LogP contribution < -0.4 is 10.0 Å². The van der Waals surface area contributed by atoms with Gasteiger partial charge in [-0.05, 0) is 60.2 Å². The van der Waals surface area contributed by atoms with Gasteiger partial charge in [0, 0.05) is 29.8 Å². The van der Waals surface area contributed by atoms with E-state index < -0.39 is 15.8 Å². The highest BCUT2D eigenvalue weighted by Gasteiger charge is 2.18. The zero-order valence-corrected chi connectivity index (χ0v) is 24.1. The van der Waals surface area contributed by atoms with Crippen LogP contribution in [0.5, 0.6) is 0 Å². The summed E-state index contributed by atoms with van der Waals surface area (Å²) in [7, 11) is -3.46. The molecule has 1 amide bonds. The molecule has 2 aromatic carbocycles. The Morgan fingerprint density at radius 1 is 1.02 bits per heavy atom. The number of carbonyl (C=O) groups excluding carboxylic acids is 1. The molecule has 0 saturated heterocycles. The van der Waals surface area contributed by atoms with Crippen molar-refractivity contribution in [3.05, 3.63) is 78.2 Å². The first-order chi connectivity index (χ1) is 20.5. The Balaban J connectivity index is 1.38. The zero-order valence-electron chi connectivity index (χ0n) is 23.3. The molecule has 0 aliphatic rings. The van der Waals surface area contributed by atoms with E-state index in [1.54, 1.807) is 30.5 Å². The van der Waals surface area contributed by atoms with Crippen molar-refractivity contribution in [3.8, 4) is 34.0 Å². The van der Waals surface area contributed by atoms with Crippen molar-refractivity contribution in [1.82, 2.24) is 34.9 Å². The maximum absolute atomic E-state index is 14.6. The molecule has 6 rings (SSSR count). The second kappa shape index (κ2) is 10.9. The Morgan fingerprint density at radius 2 is 1.84 bits per heavy atom. The highest BCUT2D eigenvalue weighted by atomic mass is 32.2. The summed E-state index contributed by atoms with van der Waals surface area (Å²) in [4.78, 5) is 29.5. The normalized spacial score (nSPS) is 11.7. The second-order valence-corrected chi connectivity index (χ2v) is 12.2. The van der Waals surface area contributed by atoms with Crippen molar-refractivity contribution in [2.24, 2.45) is 5.92 Å². The molecule has 4 aromatic heterocycles. The summed E-state index contributed by atoms with van der Waals surface area (Å²) in [6, 6.07) is 19.0. The molecule has 0 fully saturated rings. The third-order valence-corrected chi connectivity index (χ3v) is 7.28. The number of pyridine rings is 2. The number of nitrogens with one attached hydrogen (secondary N) is 4. The number of hydrogen-bond donors (Lipinski definition) is 4. The van der Waals surface area contributed by atoms with Crippen LogP contribution in [-0.4, -0.2) is 50.7 Å². The van der Waals surface area contributed by atoms with Gasteiger partial charge < -0.3 is 10.3 Å². The first-order valence-electron chi connectivity index (χ1n) is 13.2. The van der Waals surface area contributed by atoms with Gasteiger partial charge in [0.15, 0.2) is 11.5 Å². The van der Waals surface area contributed by atoms with Gasteiger partial charge >= 0.3 is 0 Å². The van der Waals surface area contributed by atoms with E-state index in [1.165, 1.54) is 12.1 Å². The van der Waals surface area contributed by atoms with Gasteiger partial charge in [-0.25, -0.2) is 27.5 Å². The van der Waals surface area contributed by atoms with Crippen molar-refractivity contribution in [3.63, 3.8) is 0 Å². The molecule has 0 atom stereocenters. The number of aromatic amines is 2. The highest BCUT2D eigenvalue weighted by molar-refractivity contribution is 7.88. The number of aromatic nitrogens is 6. The van der Waals surface area contributed by atoms with Crippen LogP contribution in [0.2, 0.25) is 0 Å². The zero-order chi connectivity index (χ0) is 30.3. The third-order valence-electron chi connectivity index (χ3n) is 6.61. The lowest BCUT2D eigenvalue weighted by Crippen LogP contribution is -2.21. The minimum atomic E-state index is -3.46. The highest BCUT2D eigenvalue weighted by Crippen LogP contribution is 2.31. The number of H-pyrrole nitrogens is 2. The number of hydrogen-bond acceptors (Lipinski definition) is 7. The average molecular weight is 597 g/mol. The Morgan fingerprint density at radius 3 is 2.63 bits per heavy atom. The number of amides is 1. The molecule has 4 heterocycles. The van der Waals surface area contributed by atoms with E-state index in [1.807, 2.05) is 26.0 Å². The van der Waals surface area contributed by atoms with Crippen LogP contribution in [-0.2, 0) is 21.4 Å². The predicted octanol–water partition coefficient (Wildman–Crippen LogP) is 4.61. The first kappa shape index (κ1) is 28.0. The first-order valence-corrected chi connectivity index (χ1v) is 15.1. The molecule has 0 bridgehead atoms. The summed E-state index contributed by atoms with van der Waals surface area (Å²) >= 11 is 0. The van der Waals surface area contributed by atoms with Crippen LogP contribution in [0.3, 0.4) is 0 Å². The van der Waals surface area contributed by atoms with Crippen molar-refractivity contribution >= 4 is 43.7 Å². The summed E-state index contributed by atoms with van der Waals surface area (Å²) in [6.45, 7) is 3.55. The molecule has 11 nitrogen and oxygen atoms in total. The maximum Gasteiger partial charge on any atom is 0.227 e. The maximum atomic E-state index is 14.6. The molecule has 0 unspecified atom stereocenters. The number of nitrogens with zero attached hydrogens (tertiary/aromatic N) is 4. The molecule has 0 aliphatic heterocycles. The van der Waals surface area contributed by atoms with Crippen LogP contribution >= 0.6 is 0 Å². The molecule has 0 saturated carbocycles. The molecular weight excluding hydrogens is 571 g/mol. The van der Waals surface area contributed by atoms with E-state index >= 15 is 0 Å². The Labute approximate surface area is 246 Å². The van der Waals surface area contributed by atoms with Crippen molar-refractivity contribution < 1.29 is 17.6 Å². The molecule has 4 N–H and O–H groups in total. The van der Waals surface area contributed by atoms with Gasteiger partial charge in [-0.2, -0.15) is 5.10 Å². The second-order valence-electron chi connectivity index (χ2n) is 10.3. The van der Waals surface area contributed by atoms with Gasteiger partial charge in [0.2, 0.25) is 15.9 Å². The summed E-state index contributed by atoms with van der Waals surface area (Å²) in [6.07, 6.45) is 2.62. The average Bonchev–Trinajstić information content (AvgIpc) is 3.59. The number of sulfonamides is 1. The minimum absolute atomic E-state index is 0.0680. The van der Waals surface area contributed by atoms with E-state index in [9.17, 15) is 17.6 Å². The molecule has 0 aliphatic carbocycles. The Hall–Kier alpha value is -5.19. The lowest BCUT2D eigenvalue weighted by molar-refractivity contribution is -0.118. The molecule has 43 heavy (non-hydrogen) atoms. The van der Waals surface area contributed by atoms with E-state index in [0.717, 1.165) is 11.8 Å². The fourth-order valence-electron chi connectivity index (χ4n) is 4.50. The van der Waals surface area contributed by atoms with Crippen LogP contribution in [0, 0.1) is 23.9 Å². The fraction of sp³-hybridized carbons (Fsp3) is 0.167. The molecule has 216 valence electrons. The van der Waals surface area contributed by atoms with E-state index in [4.69, 9.17) is 9.97 Å². The predicted molar refractivity (Wildman–Crippen MR) is 160 cm³/mol. The number of benzene rings is 1. The number of imidazole rings is 1. The van der Waals surface area contributed by atoms with Gasteiger partial charge in [-0.3, -0.25) is 14.9 Å². The van der Waals surface area contributed by atoms with Gasteiger partial charge in [-0.1, -0.05) is 19.9 Å². The minimum Gasteiger partial charge on any atom is -0.336 e. The van der Waals surface area contributed by atoms with Crippen LogP contribution in [0.1, 0.15) is 19.4 Å². The SMILES string of the molecule is CC(C)C(=O)Nc1c#ccc(-c2ccc3[nH]nc(-c4nc5c(-c6cc(F)cc(CNS(C)(=O)=O)c6)nccc5[nH]4)c3n2)c1. The number of carbonyl (C=O) groups is 1. The fourth-order valence-corrected chi connectivity index (χ4v) is 4.93. The molecule has 6 aromatic rings. The lowest BCUT2D eigenvalue weighted by Gasteiger charge is -2.07. The summed E-state index contributed by atoms with van der Waals surface area (Å²) in [5, 5.41) is 10.3. The molecule has 0 spiro atoms. The monoisotopic (exact) mass is 596 g/mol. The quantitative estimate of drug-likeness (QED) is 0.200. The van der Waals surface area contributed by atoms with Crippen molar-refractivity contribution in [2.45, 2.75) is 20.4 Å². The van der Waals surface area contributed by atoms with E-state index in [0.29, 0.717) is 61.8 Å². The van der Waals surface area contributed by atoms with Crippen LogP contribution in [0.4, 0.5) is 10.1 Å². The standard InChI is InChI=1S/C30H25FN8O3S/c1-16(2)30(40)34-21-6-4-5-18(14-21)22-7-8-24-27(35-22)28(39-38-24)29-36-23-9-10-32-25(26(23)37-29)19-11-17(12-20(31)13-19)15-33-43(3,41)42/h5,7-14,16,33H,15H2,1-3H3,(H,34,40)(H,36,37)(H,38,39). The van der Waals surface area contributed by atoms with Gasteiger partial charge in [0.1, 0.15) is 16.9 Å². The molecule has 0 radical (unpaired) electrons. The van der Waals surface area contributed by atoms with Crippen molar-refractivity contribution in [2.75, 3.05) is 11.6 Å². The summed E-state index contributed by atoms with van der Waals surface area (Å²) < 4.78 is 40.0. The Bertz CT molecular complexity index is 2120. The van der Waals surface area contributed by atoms with E-state index in [2.05, 4.69) is 42.3 Å². The number of anilines is 1. The lowest BCUT2D eigenvalue weighted by atomic mass is 10.1. The number of fused-ring (bicyclic) bond motifs is 2. The number of halogens is 1. The van der Waals surface area contributed by atoms with E-state index in [-0.39, 0.29) is 18.4 Å². The van der Waals surface area contributed by atoms with Gasteiger partial charge in [-0.15, -0.1) is 0 Å². The smallest absolute Gasteiger partial charge is 0.227 e. The number of rotatable bonds is 8. The van der Waals surface area contributed by atoms with Crippen molar-refractivity contribution in [1.29, 1.82) is 0 Å². The Kier molecular flexibility index (Phi) is 7.09. The molecular formula is C30H25FN8O3S. The van der Waals surface area contributed by atoms with Gasteiger partial charge in [0.25, 0.3) is 0 Å². The van der Waals surface area contributed by atoms with Crippen LogP contribution in [0.15, 0.2) is 54.7 Å². The third kappa shape index (κ3) is 5.92. The summed E-state index contributed by atoms with van der Waals surface area (Å²) in [5.41, 5.74) is 6.00. The largest absolute Gasteiger partial charge is 0.336 e.